The standard InChI is InChI=1S/C15H20N4O/c1-3-19(14-8-15(20)18-11(2)17-14)10-13-7-5-4-6-12(13)9-16/h4-8H,3,9-10,16H2,1-2H3,(H,17,18,20). The van der Waals surface area contributed by atoms with Crippen LogP contribution in [-0.4, -0.2) is 16.5 Å². The second-order valence-corrected chi connectivity index (χ2v) is 4.68. The van der Waals surface area contributed by atoms with Gasteiger partial charge in [0.1, 0.15) is 11.6 Å². The maximum Gasteiger partial charge on any atom is 0.252 e. The number of aryl methyl sites for hydroxylation is 1. The number of aromatic amines is 1. The summed E-state index contributed by atoms with van der Waals surface area (Å²) in [7, 11) is 0. The Balaban J connectivity index is 2.31. The minimum Gasteiger partial charge on any atom is -0.352 e. The number of nitrogens with zero attached hydrogens (tertiary/aromatic N) is 2. The molecule has 20 heavy (non-hydrogen) atoms. The third-order valence-electron chi connectivity index (χ3n) is 3.25. The number of nitrogens with one attached hydrogen (secondary N) is 1. The molecule has 0 fully saturated rings. The van der Waals surface area contributed by atoms with Crippen molar-refractivity contribution in [2.75, 3.05) is 11.4 Å². The van der Waals surface area contributed by atoms with Gasteiger partial charge in [0.25, 0.3) is 5.56 Å². The molecule has 0 saturated heterocycles. The van der Waals surface area contributed by atoms with Crippen LogP contribution in [0.1, 0.15) is 23.9 Å². The largest absolute Gasteiger partial charge is 0.352 e. The molecule has 5 nitrogen and oxygen atoms in total. The van der Waals surface area contributed by atoms with Gasteiger partial charge in [-0.1, -0.05) is 24.3 Å². The van der Waals surface area contributed by atoms with Crippen LogP contribution >= 0.6 is 0 Å². The van der Waals surface area contributed by atoms with Gasteiger partial charge in [0.05, 0.1) is 0 Å². The molecule has 0 atom stereocenters. The summed E-state index contributed by atoms with van der Waals surface area (Å²) in [6.07, 6.45) is 0. The third kappa shape index (κ3) is 3.24. The first-order valence-corrected chi connectivity index (χ1v) is 6.73. The lowest BCUT2D eigenvalue weighted by Crippen LogP contribution is -2.26. The Morgan fingerprint density at radius 1 is 1.30 bits per heavy atom. The van der Waals surface area contributed by atoms with Crippen molar-refractivity contribution in [3.63, 3.8) is 0 Å². The molecular weight excluding hydrogens is 252 g/mol. The number of hydrogen-bond donors (Lipinski definition) is 2. The number of aromatic nitrogens is 2. The lowest BCUT2D eigenvalue weighted by Gasteiger charge is -2.23. The van der Waals surface area contributed by atoms with E-state index in [1.807, 2.05) is 25.1 Å². The maximum atomic E-state index is 11.6. The van der Waals surface area contributed by atoms with Crippen molar-refractivity contribution in [1.82, 2.24) is 9.97 Å². The van der Waals surface area contributed by atoms with E-state index in [-0.39, 0.29) is 5.56 Å². The van der Waals surface area contributed by atoms with Gasteiger partial charge in [-0.3, -0.25) is 4.79 Å². The Kier molecular flexibility index (Phi) is 4.53. The average Bonchev–Trinajstić information content (AvgIpc) is 2.44. The van der Waals surface area contributed by atoms with E-state index in [1.165, 1.54) is 6.07 Å². The predicted octanol–water partition coefficient (Wildman–Crippen LogP) is 1.56. The molecule has 2 aromatic rings. The van der Waals surface area contributed by atoms with Gasteiger partial charge >= 0.3 is 0 Å². The Morgan fingerprint density at radius 2 is 2.00 bits per heavy atom. The molecule has 1 aromatic heterocycles. The van der Waals surface area contributed by atoms with Crippen LogP contribution in [0.4, 0.5) is 5.82 Å². The summed E-state index contributed by atoms with van der Waals surface area (Å²) in [6, 6.07) is 9.60. The Bertz CT molecular complexity index is 636. The first kappa shape index (κ1) is 14.3. The Morgan fingerprint density at radius 3 is 2.60 bits per heavy atom. The average molecular weight is 272 g/mol. The van der Waals surface area contributed by atoms with Gasteiger partial charge in [0, 0.05) is 25.7 Å². The normalized spacial score (nSPS) is 10.6. The molecule has 0 aliphatic rings. The van der Waals surface area contributed by atoms with Crippen LogP contribution in [-0.2, 0) is 13.1 Å². The van der Waals surface area contributed by atoms with Crippen molar-refractivity contribution in [3.05, 3.63) is 57.6 Å². The molecular formula is C15H20N4O. The molecule has 3 N–H and O–H groups in total. The zero-order valence-electron chi connectivity index (χ0n) is 11.9. The number of benzene rings is 1. The van der Waals surface area contributed by atoms with Gasteiger partial charge in [-0.25, -0.2) is 4.98 Å². The van der Waals surface area contributed by atoms with Crippen molar-refractivity contribution in [3.8, 4) is 0 Å². The summed E-state index contributed by atoms with van der Waals surface area (Å²) in [5, 5.41) is 0. The Labute approximate surface area is 118 Å². The molecule has 0 radical (unpaired) electrons. The van der Waals surface area contributed by atoms with Crippen molar-refractivity contribution in [2.45, 2.75) is 26.9 Å². The molecule has 106 valence electrons. The molecule has 1 aromatic carbocycles. The van der Waals surface area contributed by atoms with E-state index in [0.717, 1.165) is 17.7 Å². The summed E-state index contributed by atoms with van der Waals surface area (Å²) < 4.78 is 0. The fraction of sp³-hybridized carbons (Fsp3) is 0.333. The molecule has 2 rings (SSSR count). The topological polar surface area (TPSA) is 75.0 Å². The highest BCUT2D eigenvalue weighted by molar-refractivity contribution is 5.40. The molecule has 0 bridgehead atoms. The van der Waals surface area contributed by atoms with Crippen LogP contribution in [0.2, 0.25) is 0 Å². The smallest absolute Gasteiger partial charge is 0.252 e. The highest BCUT2D eigenvalue weighted by Crippen LogP contribution is 2.15. The van der Waals surface area contributed by atoms with Crippen LogP contribution in [0.3, 0.4) is 0 Å². The van der Waals surface area contributed by atoms with E-state index in [0.29, 0.717) is 24.7 Å². The molecule has 0 aliphatic carbocycles. The second-order valence-electron chi connectivity index (χ2n) is 4.68. The van der Waals surface area contributed by atoms with Gasteiger partial charge in [-0.2, -0.15) is 0 Å². The number of anilines is 1. The van der Waals surface area contributed by atoms with Crippen molar-refractivity contribution >= 4 is 5.82 Å². The zero-order valence-corrected chi connectivity index (χ0v) is 11.9. The summed E-state index contributed by atoms with van der Waals surface area (Å²) in [4.78, 5) is 20.7. The summed E-state index contributed by atoms with van der Waals surface area (Å²) in [6.45, 7) is 5.81. The van der Waals surface area contributed by atoms with E-state index in [4.69, 9.17) is 5.73 Å². The SMILES string of the molecule is CCN(Cc1ccccc1CN)c1cc(=O)[nH]c(C)n1. The number of hydrogen-bond acceptors (Lipinski definition) is 4. The number of H-pyrrole nitrogens is 1. The quantitative estimate of drug-likeness (QED) is 0.866. The lowest BCUT2D eigenvalue weighted by atomic mass is 10.1. The van der Waals surface area contributed by atoms with Crippen LogP contribution < -0.4 is 16.2 Å². The highest BCUT2D eigenvalue weighted by atomic mass is 16.1. The number of nitrogens with two attached hydrogens (primary N) is 1. The molecule has 5 heteroatoms. The minimum atomic E-state index is -0.127. The van der Waals surface area contributed by atoms with E-state index in [9.17, 15) is 4.79 Å². The first-order valence-electron chi connectivity index (χ1n) is 6.73. The van der Waals surface area contributed by atoms with Crippen LogP contribution in [0, 0.1) is 6.92 Å². The fourth-order valence-corrected chi connectivity index (χ4v) is 2.20. The lowest BCUT2D eigenvalue weighted by molar-refractivity contribution is 0.792. The molecule has 0 amide bonds. The van der Waals surface area contributed by atoms with Gasteiger partial charge < -0.3 is 15.6 Å². The van der Waals surface area contributed by atoms with Gasteiger partial charge in [-0.15, -0.1) is 0 Å². The minimum absolute atomic E-state index is 0.127. The second kappa shape index (κ2) is 6.34. The molecule has 0 saturated carbocycles. The predicted molar refractivity (Wildman–Crippen MR) is 80.7 cm³/mol. The van der Waals surface area contributed by atoms with Crippen LogP contribution in [0.25, 0.3) is 0 Å². The first-order chi connectivity index (χ1) is 9.63. The van der Waals surface area contributed by atoms with E-state index < -0.39 is 0 Å². The third-order valence-corrected chi connectivity index (χ3v) is 3.25. The monoisotopic (exact) mass is 272 g/mol. The molecule has 0 unspecified atom stereocenters. The summed E-state index contributed by atoms with van der Waals surface area (Å²) in [5.74, 6) is 1.32. The van der Waals surface area contributed by atoms with Crippen molar-refractivity contribution in [1.29, 1.82) is 0 Å². The maximum absolute atomic E-state index is 11.6. The number of rotatable bonds is 5. The highest BCUT2D eigenvalue weighted by Gasteiger charge is 2.10. The van der Waals surface area contributed by atoms with E-state index >= 15 is 0 Å². The fourth-order valence-electron chi connectivity index (χ4n) is 2.20. The zero-order chi connectivity index (χ0) is 14.5. The van der Waals surface area contributed by atoms with Crippen molar-refractivity contribution in [2.24, 2.45) is 5.73 Å². The summed E-state index contributed by atoms with van der Waals surface area (Å²) in [5.41, 5.74) is 7.92. The van der Waals surface area contributed by atoms with Gasteiger partial charge in [-0.05, 0) is 25.0 Å². The summed E-state index contributed by atoms with van der Waals surface area (Å²) >= 11 is 0. The Hall–Kier alpha value is -2.14. The molecule has 0 aliphatic heterocycles. The van der Waals surface area contributed by atoms with E-state index in [1.54, 1.807) is 6.92 Å². The molecule has 1 heterocycles. The van der Waals surface area contributed by atoms with Gasteiger partial charge in [0.15, 0.2) is 0 Å². The van der Waals surface area contributed by atoms with E-state index in [2.05, 4.69) is 20.9 Å². The van der Waals surface area contributed by atoms with Crippen molar-refractivity contribution < 1.29 is 0 Å². The van der Waals surface area contributed by atoms with Crippen LogP contribution in [0.15, 0.2) is 35.1 Å². The van der Waals surface area contributed by atoms with Crippen LogP contribution in [0.5, 0.6) is 0 Å². The molecule has 0 spiro atoms. The van der Waals surface area contributed by atoms with Gasteiger partial charge in [0.2, 0.25) is 0 Å².